The molecule has 3 unspecified atom stereocenters. The summed E-state index contributed by atoms with van der Waals surface area (Å²) in [6.45, 7) is 17.1. The van der Waals surface area contributed by atoms with Gasteiger partial charge in [0, 0.05) is 16.2 Å². The van der Waals surface area contributed by atoms with Gasteiger partial charge < -0.3 is 14.7 Å². The van der Waals surface area contributed by atoms with E-state index in [1.807, 2.05) is 62.3 Å². The number of rotatable bonds is 3. The zero-order valence-corrected chi connectivity index (χ0v) is 20.8. The molecule has 25 heavy (non-hydrogen) atoms. The molecular formula is C15H33AlO6P3+3. The van der Waals surface area contributed by atoms with Crippen molar-refractivity contribution in [2.24, 2.45) is 16.2 Å². The molecule has 0 aliphatic rings. The van der Waals surface area contributed by atoms with Crippen LogP contribution in [0.4, 0.5) is 0 Å². The monoisotopic (exact) mass is 429 g/mol. The van der Waals surface area contributed by atoms with Crippen LogP contribution in [0, 0.1) is 16.2 Å². The average molecular weight is 429 g/mol. The van der Waals surface area contributed by atoms with Gasteiger partial charge >= 0.3 is 41.4 Å². The molecule has 0 saturated carbocycles. The van der Waals surface area contributed by atoms with Crippen LogP contribution in [0.3, 0.4) is 0 Å². The molecule has 0 rings (SSSR count). The normalized spacial score (nSPS) is 13.2. The Morgan fingerprint density at radius 2 is 0.640 bits per heavy atom. The van der Waals surface area contributed by atoms with Gasteiger partial charge in [-0.2, -0.15) is 0 Å². The van der Waals surface area contributed by atoms with Crippen molar-refractivity contribution in [2.45, 2.75) is 62.3 Å². The summed E-state index contributed by atoms with van der Waals surface area (Å²) in [6, 6.07) is 0. The van der Waals surface area contributed by atoms with E-state index in [1.165, 1.54) is 0 Å². The van der Waals surface area contributed by atoms with Crippen molar-refractivity contribution in [3.63, 3.8) is 0 Å². The van der Waals surface area contributed by atoms with Crippen LogP contribution in [0.15, 0.2) is 0 Å². The average Bonchev–Trinajstić information content (AvgIpc) is 2.04. The molecule has 0 amide bonds. The van der Waals surface area contributed by atoms with Crippen LogP contribution in [-0.4, -0.2) is 35.8 Å². The van der Waals surface area contributed by atoms with Gasteiger partial charge in [0.15, 0.2) is 0 Å². The summed E-state index contributed by atoms with van der Waals surface area (Å²) in [6.07, 6.45) is 0.840. The minimum Gasteiger partial charge on any atom is -0.596 e. The maximum Gasteiger partial charge on any atom is 3.00 e. The van der Waals surface area contributed by atoms with Crippen LogP contribution in [-0.2, 0) is 13.7 Å². The van der Waals surface area contributed by atoms with Crippen LogP contribution in [0.2, 0.25) is 0 Å². The Balaban J connectivity index is -0.000000130. The molecule has 6 nitrogen and oxygen atoms in total. The van der Waals surface area contributed by atoms with Gasteiger partial charge in [0.2, 0.25) is 0 Å². The van der Waals surface area contributed by atoms with Crippen LogP contribution < -0.4 is 14.7 Å². The third kappa shape index (κ3) is 51.6. The molecule has 0 saturated heterocycles. The molecular weight excluding hydrogens is 396 g/mol. The molecule has 0 aromatic heterocycles. The minimum atomic E-state index is -2.19. The maximum absolute atomic E-state index is 10.1. The summed E-state index contributed by atoms with van der Waals surface area (Å²) in [5, 5.41) is 0. The van der Waals surface area contributed by atoms with Crippen LogP contribution in [0.25, 0.3) is 0 Å². The standard InChI is InChI=1S/3C5H11O2P.Al/c3*1-5(2,3)4-8(6)7;/h3*4H2,1-3H3;/q;;;+3. The maximum atomic E-state index is 10.1. The van der Waals surface area contributed by atoms with Crippen molar-refractivity contribution in [1.82, 2.24) is 0 Å². The predicted molar refractivity (Wildman–Crippen MR) is 102 cm³/mol. The topological polar surface area (TPSA) is 120 Å². The summed E-state index contributed by atoms with van der Waals surface area (Å²) < 4.78 is 30.2. The fraction of sp³-hybridized carbons (Fsp3) is 1.00. The van der Waals surface area contributed by atoms with Gasteiger partial charge in [-0.05, 0) is 0 Å². The first-order chi connectivity index (χ1) is 10.2. The third-order valence-electron chi connectivity index (χ3n) is 1.81. The van der Waals surface area contributed by atoms with E-state index < -0.39 is 24.1 Å². The van der Waals surface area contributed by atoms with Crippen LogP contribution in [0.1, 0.15) is 62.3 Å². The van der Waals surface area contributed by atoms with Gasteiger partial charge in [0.25, 0.3) is 0 Å². The molecule has 0 radical (unpaired) electrons. The molecule has 3 atom stereocenters. The summed E-state index contributed by atoms with van der Waals surface area (Å²) in [5.41, 5.74) is -0.223. The molecule has 0 aliphatic carbocycles. The molecule has 10 heteroatoms. The van der Waals surface area contributed by atoms with Gasteiger partial charge in [-0.3, -0.25) is 0 Å². The Labute approximate surface area is 166 Å². The van der Waals surface area contributed by atoms with E-state index in [9.17, 15) is 28.4 Å². The van der Waals surface area contributed by atoms with E-state index in [0.29, 0.717) is 0 Å². The van der Waals surface area contributed by atoms with Crippen molar-refractivity contribution in [2.75, 3.05) is 18.5 Å². The van der Waals surface area contributed by atoms with E-state index in [2.05, 4.69) is 0 Å². The summed E-state index contributed by atoms with van der Waals surface area (Å²) in [4.78, 5) is 30.2. The minimum absolute atomic E-state index is 0. The first-order valence-electron chi connectivity index (χ1n) is 7.60. The predicted octanol–water partition coefficient (Wildman–Crippen LogP) is 3.02. The molecule has 144 valence electrons. The Kier molecular flexibility index (Phi) is 19.6. The summed E-state index contributed by atoms with van der Waals surface area (Å²) in [5.74, 6) is 0. The van der Waals surface area contributed by atoms with Gasteiger partial charge in [0.1, 0.15) is 18.5 Å². The second-order valence-electron chi connectivity index (χ2n) is 9.15. The van der Waals surface area contributed by atoms with E-state index >= 15 is 0 Å². The van der Waals surface area contributed by atoms with Crippen molar-refractivity contribution in [3.8, 4) is 0 Å². The van der Waals surface area contributed by atoms with Crippen molar-refractivity contribution in [3.05, 3.63) is 0 Å². The first-order valence-corrected chi connectivity index (χ1v) is 11.7. The van der Waals surface area contributed by atoms with Gasteiger partial charge in [-0.25, -0.2) is 0 Å². The van der Waals surface area contributed by atoms with E-state index in [-0.39, 0.29) is 52.1 Å². The molecule has 0 bridgehead atoms. The van der Waals surface area contributed by atoms with E-state index in [1.54, 1.807) is 0 Å². The zero-order chi connectivity index (χ0) is 20.4. The molecule has 0 N–H and O–H groups in total. The Morgan fingerprint density at radius 1 is 0.520 bits per heavy atom. The third-order valence-corrected chi connectivity index (χ3v) is 5.43. The van der Waals surface area contributed by atoms with Gasteiger partial charge in [0.05, 0.1) is 0 Å². The van der Waals surface area contributed by atoms with E-state index in [0.717, 1.165) is 0 Å². The van der Waals surface area contributed by atoms with Crippen LogP contribution >= 0.6 is 24.1 Å². The van der Waals surface area contributed by atoms with Crippen LogP contribution in [0.5, 0.6) is 0 Å². The second kappa shape index (κ2) is 14.7. The molecule has 0 aliphatic heterocycles. The smallest absolute Gasteiger partial charge is 0.596 e. The van der Waals surface area contributed by atoms with E-state index in [4.69, 9.17) is 0 Å². The van der Waals surface area contributed by atoms with Gasteiger partial charge in [-0.15, -0.1) is 0 Å². The van der Waals surface area contributed by atoms with Gasteiger partial charge in [-0.1, -0.05) is 76.0 Å². The molecule has 0 aromatic rings. The Hall–Kier alpha value is 0.712. The fourth-order valence-corrected chi connectivity index (χ4v) is 3.49. The largest absolute Gasteiger partial charge is 3.00 e. The summed E-state index contributed by atoms with van der Waals surface area (Å²) in [7, 11) is -6.57. The molecule has 0 fully saturated rings. The SMILES string of the molecule is CC(C)(C)C[P+](=O)[O-].CC(C)(C)C[P+](=O)[O-].CC(C)(C)C[P+](=O)[O-].[Al+3]. The zero-order valence-electron chi connectivity index (χ0n) is 17.0. The summed E-state index contributed by atoms with van der Waals surface area (Å²) >= 11 is 0. The van der Waals surface area contributed by atoms with Crippen molar-refractivity contribution in [1.29, 1.82) is 0 Å². The number of hydrogen-bond donors (Lipinski definition) is 0. The first kappa shape index (κ1) is 33.3. The second-order valence-corrected chi connectivity index (χ2v) is 12.1. The molecule has 0 heterocycles. The Morgan fingerprint density at radius 3 is 0.640 bits per heavy atom. The molecule has 0 aromatic carbocycles. The fourth-order valence-electron chi connectivity index (χ4n) is 1.16. The van der Waals surface area contributed by atoms with Crippen molar-refractivity contribution < 1.29 is 28.4 Å². The molecule has 0 spiro atoms. The quantitative estimate of drug-likeness (QED) is 0.502. The number of hydrogen-bond acceptors (Lipinski definition) is 6. The Bertz CT molecular complexity index is 347. The van der Waals surface area contributed by atoms with Crippen molar-refractivity contribution >= 4 is 41.4 Å².